The van der Waals surface area contributed by atoms with Crippen LogP contribution >= 0.6 is 0 Å². The number of likely N-dealkylation sites (N-methyl/N-ethyl adjacent to an activating group) is 1. The molecule has 2 aliphatic heterocycles. The van der Waals surface area contributed by atoms with Gasteiger partial charge < -0.3 is 13.9 Å². The molecule has 6 rings (SSSR count). The summed E-state index contributed by atoms with van der Waals surface area (Å²) in [6.45, 7) is 1.96. The maximum atomic E-state index is 13.3. The SMILES string of the molecule is CCC(=O)O[C@H]1C[C@H](c2cn3cc(C4CC4)cc(N4CC(=O)N(C)C4=O)c3n2)N(C(=O)OCc2ccccc2)C1. The van der Waals surface area contributed by atoms with Crippen molar-refractivity contribution in [1.29, 1.82) is 0 Å². The summed E-state index contributed by atoms with van der Waals surface area (Å²) >= 11 is 0. The first kappa shape index (κ1) is 25.8. The normalized spacial score (nSPS) is 21.0. The molecule has 2 atom stereocenters. The van der Waals surface area contributed by atoms with Crippen LogP contribution in [0.25, 0.3) is 5.65 Å². The van der Waals surface area contributed by atoms with E-state index in [1.54, 1.807) is 11.8 Å². The van der Waals surface area contributed by atoms with Crippen molar-refractivity contribution in [1.82, 2.24) is 19.2 Å². The fourth-order valence-corrected chi connectivity index (χ4v) is 5.34. The Bertz CT molecular complexity index is 1480. The highest BCUT2D eigenvalue weighted by Gasteiger charge is 2.41. The number of imide groups is 1. The number of anilines is 1. The van der Waals surface area contributed by atoms with E-state index in [2.05, 4.69) is 0 Å². The number of carbonyl (C=O) groups excluding carboxylic acids is 4. The Kier molecular flexibility index (Phi) is 6.65. The van der Waals surface area contributed by atoms with Crippen molar-refractivity contribution in [3.05, 3.63) is 65.6 Å². The second-order valence-corrected chi connectivity index (χ2v) is 10.6. The van der Waals surface area contributed by atoms with E-state index in [9.17, 15) is 19.2 Å². The van der Waals surface area contributed by atoms with Crippen molar-refractivity contribution in [3.8, 4) is 0 Å². The number of pyridine rings is 1. The molecular weight excluding hydrogens is 514 g/mol. The lowest BCUT2D eigenvalue weighted by atomic mass is 10.1. The quantitative estimate of drug-likeness (QED) is 0.326. The Morgan fingerprint density at radius 3 is 2.55 bits per heavy atom. The van der Waals surface area contributed by atoms with Crippen LogP contribution in [0.4, 0.5) is 15.3 Å². The van der Waals surface area contributed by atoms with E-state index in [4.69, 9.17) is 14.5 Å². The van der Waals surface area contributed by atoms with Crippen LogP contribution in [0.1, 0.15) is 61.4 Å². The Morgan fingerprint density at radius 2 is 1.88 bits per heavy atom. The molecule has 40 heavy (non-hydrogen) atoms. The molecule has 0 radical (unpaired) electrons. The molecule has 0 N–H and O–H groups in total. The first-order valence-electron chi connectivity index (χ1n) is 13.6. The first-order valence-corrected chi connectivity index (χ1v) is 13.6. The highest BCUT2D eigenvalue weighted by Crippen LogP contribution is 2.43. The van der Waals surface area contributed by atoms with Gasteiger partial charge in [0.15, 0.2) is 5.65 Å². The predicted octanol–water partition coefficient (Wildman–Crippen LogP) is 4.02. The van der Waals surface area contributed by atoms with E-state index in [-0.39, 0.29) is 38.0 Å². The molecule has 0 unspecified atom stereocenters. The number of carbonyl (C=O) groups is 4. The maximum absolute atomic E-state index is 13.3. The van der Waals surface area contributed by atoms with Crippen LogP contribution in [0.3, 0.4) is 0 Å². The third-order valence-electron chi connectivity index (χ3n) is 7.73. The molecular formula is C29H31N5O6. The molecule has 4 amide bonds. The van der Waals surface area contributed by atoms with Gasteiger partial charge in [0, 0.05) is 32.3 Å². The van der Waals surface area contributed by atoms with Crippen LogP contribution in [-0.2, 0) is 25.7 Å². The Balaban J connectivity index is 1.34. The van der Waals surface area contributed by atoms with E-state index in [0.29, 0.717) is 29.4 Å². The average Bonchev–Trinajstić information content (AvgIpc) is 3.51. The topological polar surface area (TPSA) is 114 Å². The lowest BCUT2D eigenvalue weighted by molar-refractivity contribution is -0.148. The number of amides is 4. The van der Waals surface area contributed by atoms with Gasteiger partial charge >= 0.3 is 18.1 Å². The molecule has 0 bridgehead atoms. The predicted molar refractivity (Wildman–Crippen MR) is 144 cm³/mol. The number of likely N-dealkylation sites (tertiary alicyclic amines) is 1. The molecule has 4 heterocycles. The van der Waals surface area contributed by atoms with Crippen LogP contribution < -0.4 is 4.90 Å². The molecule has 11 nitrogen and oxygen atoms in total. The Hall–Kier alpha value is -4.41. The Labute approximate surface area is 231 Å². The monoisotopic (exact) mass is 545 g/mol. The van der Waals surface area contributed by atoms with Crippen LogP contribution in [-0.4, -0.2) is 69.4 Å². The number of imidazole rings is 1. The molecule has 208 valence electrons. The minimum Gasteiger partial charge on any atom is -0.460 e. The largest absolute Gasteiger partial charge is 0.460 e. The highest BCUT2D eigenvalue weighted by atomic mass is 16.6. The van der Waals surface area contributed by atoms with E-state index in [0.717, 1.165) is 28.9 Å². The first-order chi connectivity index (χ1) is 19.3. The second-order valence-electron chi connectivity index (χ2n) is 10.6. The Morgan fingerprint density at radius 1 is 1.10 bits per heavy atom. The summed E-state index contributed by atoms with van der Waals surface area (Å²) in [5.74, 6) is -0.222. The summed E-state index contributed by atoms with van der Waals surface area (Å²) in [4.78, 5) is 59.6. The van der Waals surface area contributed by atoms with Gasteiger partial charge in [-0.1, -0.05) is 37.3 Å². The molecule has 3 aromatic rings. The van der Waals surface area contributed by atoms with Crippen molar-refractivity contribution >= 4 is 35.3 Å². The zero-order valence-corrected chi connectivity index (χ0v) is 22.5. The van der Waals surface area contributed by atoms with Crippen LogP contribution in [0, 0.1) is 0 Å². The summed E-state index contributed by atoms with van der Waals surface area (Å²) in [7, 11) is 1.47. The standard InChI is InChI=1S/C29H31N5O6/c1-3-26(36)40-21-12-23(34(14-21)29(38)39-17-18-7-5-4-6-8-18)22-15-32-13-20(19-9-10-19)11-24(27(32)30-22)33-16-25(35)31(2)28(33)37/h4-8,11,13,15,19,21,23H,3,9-10,12,14,16-17H2,1-2H3/t21-,23+/m0/s1. The van der Waals surface area contributed by atoms with E-state index in [1.807, 2.05) is 53.2 Å². The zero-order chi connectivity index (χ0) is 28.0. The van der Waals surface area contributed by atoms with E-state index in [1.165, 1.54) is 11.9 Å². The second kappa shape index (κ2) is 10.3. The van der Waals surface area contributed by atoms with Crippen LogP contribution in [0.2, 0.25) is 0 Å². The average molecular weight is 546 g/mol. The number of esters is 1. The molecule has 3 fully saturated rings. The summed E-state index contributed by atoms with van der Waals surface area (Å²) in [5.41, 5.74) is 3.60. The molecule has 3 aliphatic rings. The van der Waals surface area contributed by atoms with Crippen molar-refractivity contribution in [2.24, 2.45) is 0 Å². The number of hydrogen-bond acceptors (Lipinski definition) is 7. The molecule has 1 aromatic carbocycles. The number of fused-ring (bicyclic) bond motifs is 1. The summed E-state index contributed by atoms with van der Waals surface area (Å²) in [5, 5.41) is 0. The third-order valence-corrected chi connectivity index (χ3v) is 7.73. The van der Waals surface area contributed by atoms with Gasteiger partial charge in [0.2, 0.25) is 5.91 Å². The smallest absolute Gasteiger partial charge is 0.410 e. The number of benzene rings is 1. The van der Waals surface area contributed by atoms with Crippen LogP contribution in [0.15, 0.2) is 48.8 Å². The number of aromatic nitrogens is 2. The summed E-state index contributed by atoms with van der Waals surface area (Å²) < 4.78 is 13.1. The molecule has 11 heteroatoms. The van der Waals surface area contributed by atoms with Crippen molar-refractivity contribution < 1.29 is 28.7 Å². The van der Waals surface area contributed by atoms with Crippen molar-refractivity contribution in [2.45, 2.75) is 57.3 Å². The van der Waals surface area contributed by atoms with E-state index >= 15 is 0 Å². The van der Waals surface area contributed by atoms with Gasteiger partial charge in [-0.25, -0.2) is 14.6 Å². The van der Waals surface area contributed by atoms with Gasteiger partial charge in [0.05, 0.1) is 24.0 Å². The van der Waals surface area contributed by atoms with Gasteiger partial charge in [0.1, 0.15) is 19.3 Å². The van der Waals surface area contributed by atoms with Gasteiger partial charge in [0.25, 0.3) is 0 Å². The molecule has 0 spiro atoms. The van der Waals surface area contributed by atoms with E-state index < -0.39 is 24.3 Å². The third kappa shape index (κ3) is 4.87. The van der Waals surface area contributed by atoms with Gasteiger partial charge in [-0.05, 0) is 36.0 Å². The summed E-state index contributed by atoms with van der Waals surface area (Å²) in [6.07, 6.45) is 5.55. The number of hydrogen-bond donors (Lipinski definition) is 0. The maximum Gasteiger partial charge on any atom is 0.410 e. The lowest BCUT2D eigenvalue weighted by Gasteiger charge is -2.22. The number of rotatable bonds is 7. The highest BCUT2D eigenvalue weighted by molar-refractivity contribution is 6.13. The number of nitrogens with zero attached hydrogens (tertiary/aromatic N) is 5. The zero-order valence-electron chi connectivity index (χ0n) is 22.5. The van der Waals surface area contributed by atoms with Crippen molar-refractivity contribution in [2.75, 3.05) is 25.0 Å². The lowest BCUT2D eigenvalue weighted by Crippen LogP contribution is -2.33. The van der Waals surface area contributed by atoms with Gasteiger partial charge in [-0.2, -0.15) is 0 Å². The molecule has 1 saturated carbocycles. The van der Waals surface area contributed by atoms with Crippen LogP contribution in [0.5, 0.6) is 0 Å². The molecule has 2 saturated heterocycles. The van der Waals surface area contributed by atoms with Crippen molar-refractivity contribution in [3.63, 3.8) is 0 Å². The fraction of sp³-hybridized carbons (Fsp3) is 0.414. The number of urea groups is 1. The fourth-order valence-electron chi connectivity index (χ4n) is 5.34. The minimum atomic E-state index is -0.526. The van der Waals surface area contributed by atoms with Gasteiger partial charge in [-0.3, -0.25) is 24.3 Å². The molecule has 2 aromatic heterocycles. The summed E-state index contributed by atoms with van der Waals surface area (Å²) in [6, 6.07) is 10.4. The van der Waals surface area contributed by atoms with Gasteiger partial charge in [-0.15, -0.1) is 0 Å². The number of ether oxygens (including phenoxy) is 2. The minimum absolute atomic E-state index is 0.0578. The molecule has 1 aliphatic carbocycles.